The van der Waals surface area contributed by atoms with Gasteiger partial charge >= 0.3 is 0 Å². The Kier molecular flexibility index (Phi) is 6.95. The van der Waals surface area contributed by atoms with Gasteiger partial charge in [0, 0.05) is 13.1 Å². The highest BCUT2D eigenvalue weighted by Crippen LogP contribution is 2.13. The molecule has 1 aliphatic rings. The lowest BCUT2D eigenvalue weighted by molar-refractivity contribution is -0.127. The van der Waals surface area contributed by atoms with E-state index in [-0.39, 0.29) is 24.3 Å². The molecule has 2 amide bonds. The van der Waals surface area contributed by atoms with E-state index in [1.54, 1.807) is 0 Å². The van der Waals surface area contributed by atoms with E-state index in [0.29, 0.717) is 12.5 Å². The number of nitrogens with zero attached hydrogens (tertiary/aromatic N) is 1. The smallest absolute Gasteiger partial charge is 0.239 e. The normalized spacial score (nSPS) is 21.6. The van der Waals surface area contributed by atoms with Crippen molar-refractivity contribution in [2.75, 3.05) is 33.2 Å². The maximum absolute atomic E-state index is 11.7. The van der Waals surface area contributed by atoms with Crippen molar-refractivity contribution in [1.82, 2.24) is 15.5 Å². The van der Waals surface area contributed by atoms with E-state index in [2.05, 4.69) is 22.6 Å². The van der Waals surface area contributed by atoms with Gasteiger partial charge in [-0.15, -0.1) is 0 Å². The van der Waals surface area contributed by atoms with Crippen LogP contribution in [0.4, 0.5) is 0 Å². The summed E-state index contributed by atoms with van der Waals surface area (Å²) < 4.78 is 0. The van der Waals surface area contributed by atoms with Crippen LogP contribution in [0.5, 0.6) is 0 Å². The molecular formula is C14H28N4O2. The Balaban J connectivity index is 2.18. The summed E-state index contributed by atoms with van der Waals surface area (Å²) in [6.45, 7) is 6.59. The van der Waals surface area contributed by atoms with Crippen molar-refractivity contribution in [3.05, 3.63) is 0 Å². The summed E-state index contributed by atoms with van der Waals surface area (Å²) in [4.78, 5) is 25.6. The van der Waals surface area contributed by atoms with Crippen LogP contribution in [-0.4, -0.2) is 56.0 Å². The highest BCUT2D eigenvalue weighted by atomic mass is 16.2. The Hall–Kier alpha value is -1.14. The van der Waals surface area contributed by atoms with Gasteiger partial charge in [0.2, 0.25) is 11.8 Å². The summed E-state index contributed by atoms with van der Waals surface area (Å²) in [5.74, 6) is 0.150. The molecule has 20 heavy (non-hydrogen) atoms. The first kappa shape index (κ1) is 16.9. The molecule has 1 heterocycles. The number of likely N-dealkylation sites (tertiary alicyclic amines) is 1. The van der Waals surface area contributed by atoms with Crippen molar-refractivity contribution in [2.45, 2.75) is 32.7 Å². The highest BCUT2D eigenvalue weighted by Gasteiger charge is 2.19. The first-order chi connectivity index (χ1) is 9.40. The third-order valence-electron chi connectivity index (χ3n) is 3.75. The number of nitrogens with one attached hydrogen (secondary N) is 2. The molecule has 0 aliphatic carbocycles. The zero-order chi connectivity index (χ0) is 15.1. The number of rotatable bonds is 6. The molecule has 0 bridgehead atoms. The van der Waals surface area contributed by atoms with Crippen LogP contribution in [0, 0.1) is 11.8 Å². The fourth-order valence-electron chi connectivity index (χ4n) is 2.35. The molecule has 0 spiro atoms. The summed E-state index contributed by atoms with van der Waals surface area (Å²) in [7, 11) is 2.10. The molecule has 1 rings (SSSR count). The van der Waals surface area contributed by atoms with Gasteiger partial charge in [-0.3, -0.25) is 9.59 Å². The predicted octanol–water partition coefficient (Wildman–Crippen LogP) is -0.456. The molecule has 1 saturated heterocycles. The van der Waals surface area contributed by atoms with Crippen molar-refractivity contribution < 1.29 is 9.59 Å². The summed E-state index contributed by atoms with van der Waals surface area (Å²) in [6.07, 6.45) is 2.33. The van der Waals surface area contributed by atoms with Crippen LogP contribution in [0.3, 0.4) is 0 Å². The van der Waals surface area contributed by atoms with E-state index in [4.69, 9.17) is 5.73 Å². The van der Waals surface area contributed by atoms with Crippen LogP contribution in [0.2, 0.25) is 0 Å². The first-order valence-electron chi connectivity index (χ1n) is 7.38. The Labute approximate surface area is 121 Å². The quantitative estimate of drug-likeness (QED) is 0.616. The van der Waals surface area contributed by atoms with Crippen LogP contribution in [0.25, 0.3) is 0 Å². The van der Waals surface area contributed by atoms with Gasteiger partial charge in [0.1, 0.15) is 0 Å². The lowest BCUT2D eigenvalue weighted by Crippen LogP contribution is -2.48. The predicted molar refractivity (Wildman–Crippen MR) is 79.1 cm³/mol. The molecule has 6 heteroatoms. The number of hydrogen-bond donors (Lipinski definition) is 3. The average molecular weight is 284 g/mol. The summed E-state index contributed by atoms with van der Waals surface area (Å²) in [5, 5.41) is 5.45. The molecule has 2 atom stereocenters. The molecule has 0 aromatic heterocycles. The molecule has 0 aromatic carbocycles. The second-order valence-corrected chi connectivity index (χ2v) is 6.06. The van der Waals surface area contributed by atoms with Gasteiger partial charge in [-0.2, -0.15) is 0 Å². The Morgan fingerprint density at radius 3 is 2.65 bits per heavy atom. The summed E-state index contributed by atoms with van der Waals surface area (Å²) >= 11 is 0. The monoisotopic (exact) mass is 284 g/mol. The van der Waals surface area contributed by atoms with Crippen LogP contribution in [0.15, 0.2) is 0 Å². The molecule has 0 saturated carbocycles. The number of piperidine rings is 1. The molecule has 1 unspecified atom stereocenters. The zero-order valence-corrected chi connectivity index (χ0v) is 12.8. The molecule has 1 aliphatic heterocycles. The lowest BCUT2D eigenvalue weighted by atomic mass is 9.98. The molecule has 0 aromatic rings. The van der Waals surface area contributed by atoms with Crippen molar-refractivity contribution in [3.8, 4) is 0 Å². The van der Waals surface area contributed by atoms with Crippen LogP contribution in [-0.2, 0) is 9.59 Å². The van der Waals surface area contributed by atoms with Gasteiger partial charge in [0.15, 0.2) is 0 Å². The van der Waals surface area contributed by atoms with Crippen molar-refractivity contribution >= 4 is 11.8 Å². The highest BCUT2D eigenvalue weighted by molar-refractivity contribution is 5.87. The fraction of sp³-hybridized carbons (Fsp3) is 0.857. The van der Waals surface area contributed by atoms with E-state index in [1.165, 1.54) is 6.42 Å². The maximum atomic E-state index is 11.7. The van der Waals surface area contributed by atoms with Gasteiger partial charge in [0.05, 0.1) is 12.6 Å². The molecule has 4 N–H and O–H groups in total. The zero-order valence-electron chi connectivity index (χ0n) is 12.8. The Morgan fingerprint density at radius 2 is 2.05 bits per heavy atom. The second-order valence-electron chi connectivity index (χ2n) is 6.06. The van der Waals surface area contributed by atoms with Gasteiger partial charge in [-0.25, -0.2) is 0 Å². The molecular weight excluding hydrogens is 256 g/mol. The molecule has 116 valence electrons. The van der Waals surface area contributed by atoms with E-state index in [0.717, 1.165) is 19.5 Å². The average Bonchev–Trinajstić information content (AvgIpc) is 2.41. The van der Waals surface area contributed by atoms with Gasteiger partial charge in [0.25, 0.3) is 0 Å². The molecule has 0 radical (unpaired) electrons. The number of carbonyl (C=O) groups excluding carboxylic acids is 2. The minimum absolute atomic E-state index is 0.00180. The number of amides is 2. The Morgan fingerprint density at radius 1 is 1.35 bits per heavy atom. The summed E-state index contributed by atoms with van der Waals surface area (Å²) in [6, 6.07) is -0.560. The SMILES string of the molecule is CC(C)[C@H](N)C(=O)NCC(=O)NCC1CCCN(C)C1. The van der Waals surface area contributed by atoms with Crippen LogP contribution in [0.1, 0.15) is 26.7 Å². The fourth-order valence-corrected chi connectivity index (χ4v) is 2.35. The van der Waals surface area contributed by atoms with Gasteiger partial charge in [-0.1, -0.05) is 13.8 Å². The van der Waals surface area contributed by atoms with E-state index in [1.807, 2.05) is 13.8 Å². The largest absolute Gasteiger partial charge is 0.354 e. The number of carbonyl (C=O) groups is 2. The first-order valence-corrected chi connectivity index (χ1v) is 7.38. The van der Waals surface area contributed by atoms with Crippen molar-refractivity contribution in [2.24, 2.45) is 17.6 Å². The third kappa shape index (κ3) is 5.88. The molecule has 6 nitrogen and oxygen atoms in total. The van der Waals surface area contributed by atoms with Crippen LogP contribution < -0.4 is 16.4 Å². The number of nitrogens with two attached hydrogens (primary N) is 1. The number of hydrogen-bond acceptors (Lipinski definition) is 4. The topological polar surface area (TPSA) is 87.5 Å². The minimum atomic E-state index is -0.560. The summed E-state index contributed by atoms with van der Waals surface area (Å²) in [5.41, 5.74) is 5.70. The van der Waals surface area contributed by atoms with E-state index >= 15 is 0 Å². The minimum Gasteiger partial charge on any atom is -0.354 e. The van der Waals surface area contributed by atoms with E-state index < -0.39 is 6.04 Å². The van der Waals surface area contributed by atoms with Crippen molar-refractivity contribution in [3.63, 3.8) is 0 Å². The van der Waals surface area contributed by atoms with Gasteiger partial charge in [-0.05, 0) is 38.3 Å². The standard InChI is InChI=1S/C14H28N4O2/c1-10(2)13(15)14(20)17-8-12(19)16-7-11-5-4-6-18(3)9-11/h10-11,13H,4-9,15H2,1-3H3,(H,16,19)(H,17,20)/t11?,13-/m0/s1. The lowest BCUT2D eigenvalue weighted by Gasteiger charge is -2.29. The second kappa shape index (κ2) is 8.21. The van der Waals surface area contributed by atoms with Crippen molar-refractivity contribution in [1.29, 1.82) is 0 Å². The van der Waals surface area contributed by atoms with Crippen LogP contribution >= 0.6 is 0 Å². The third-order valence-corrected chi connectivity index (χ3v) is 3.75. The Bertz CT molecular complexity index is 333. The van der Waals surface area contributed by atoms with E-state index in [9.17, 15) is 9.59 Å². The maximum Gasteiger partial charge on any atom is 0.239 e. The van der Waals surface area contributed by atoms with Gasteiger partial charge < -0.3 is 21.3 Å². The molecule has 1 fully saturated rings.